The van der Waals surface area contributed by atoms with Crippen LogP contribution in [0.4, 0.5) is 0 Å². The summed E-state index contributed by atoms with van der Waals surface area (Å²) in [4.78, 5) is 17.2. The van der Waals surface area contributed by atoms with Crippen molar-refractivity contribution >= 4 is 28.6 Å². The van der Waals surface area contributed by atoms with E-state index in [9.17, 15) is 4.79 Å². The molecule has 124 valence electrons. The van der Waals surface area contributed by atoms with E-state index in [2.05, 4.69) is 32.6 Å². The SMILES string of the molecule is Cc1cc(C(=O)NCCSc2cn[nH]n2)c2ccc(C)c(C)c2n1. The Kier molecular flexibility index (Phi) is 4.80. The van der Waals surface area contributed by atoms with Crippen molar-refractivity contribution in [2.24, 2.45) is 0 Å². The molecule has 0 atom stereocenters. The highest BCUT2D eigenvalue weighted by Gasteiger charge is 2.13. The summed E-state index contributed by atoms with van der Waals surface area (Å²) >= 11 is 1.54. The van der Waals surface area contributed by atoms with E-state index in [-0.39, 0.29) is 5.91 Å². The molecular formula is C17H19N5OS. The second-order valence-corrected chi connectivity index (χ2v) is 6.74. The molecular weight excluding hydrogens is 322 g/mol. The molecule has 0 aliphatic rings. The number of carbonyl (C=O) groups is 1. The predicted octanol–water partition coefficient (Wildman–Crippen LogP) is 2.80. The topological polar surface area (TPSA) is 83.6 Å². The Morgan fingerprint density at radius 3 is 2.88 bits per heavy atom. The Bertz CT molecular complexity index is 876. The third kappa shape index (κ3) is 3.41. The van der Waals surface area contributed by atoms with Crippen molar-refractivity contribution in [3.63, 3.8) is 0 Å². The molecule has 2 N–H and O–H groups in total. The third-order valence-corrected chi connectivity index (χ3v) is 4.81. The molecule has 6 nitrogen and oxygen atoms in total. The summed E-state index contributed by atoms with van der Waals surface area (Å²) in [5.74, 6) is 0.660. The Labute approximate surface area is 144 Å². The van der Waals surface area contributed by atoms with Gasteiger partial charge >= 0.3 is 0 Å². The summed E-state index contributed by atoms with van der Waals surface area (Å²) in [7, 11) is 0. The molecule has 7 heteroatoms. The maximum absolute atomic E-state index is 12.6. The normalized spacial score (nSPS) is 11.0. The molecule has 24 heavy (non-hydrogen) atoms. The minimum atomic E-state index is -0.0745. The summed E-state index contributed by atoms with van der Waals surface area (Å²) in [5, 5.41) is 15.0. The Balaban J connectivity index is 1.75. The molecule has 0 saturated heterocycles. The van der Waals surface area contributed by atoms with Crippen LogP contribution in [0.3, 0.4) is 0 Å². The van der Waals surface area contributed by atoms with Crippen molar-refractivity contribution in [3.05, 3.63) is 46.8 Å². The predicted molar refractivity (Wildman–Crippen MR) is 95.4 cm³/mol. The van der Waals surface area contributed by atoms with Gasteiger partial charge in [0.1, 0.15) is 5.03 Å². The quantitative estimate of drug-likeness (QED) is 0.551. The van der Waals surface area contributed by atoms with Gasteiger partial charge in [0.15, 0.2) is 0 Å². The number of pyridine rings is 1. The lowest BCUT2D eigenvalue weighted by molar-refractivity contribution is 0.0957. The molecule has 0 aliphatic heterocycles. The van der Waals surface area contributed by atoms with Gasteiger partial charge in [-0.3, -0.25) is 9.78 Å². The van der Waals surface area contributed by atoms with E-state index in [0.29, 0.717) is 12.1 Å². The van der Waals surface area contributed by atoms with Crippen LogP contribution < -0.4 is 5.32 Å². The molecule has 0 aliphatic carbocycles. The van der Waals surface area contributed by atoms with Crippen LogP contribution in [-0.4, -0.2) is 38.6 Å². The van der Waals surface area contributed by atoms with Gasteiger partial charge in [0.25, 0.3) is 5.91 Å². The minimum Gasteiger partial charge on any atom is -0.351 e. The van der Waals surface area contributed by atoms with Gasteiger partial charge in [-0.15, -0.1) is 16.9 Å². The first-order chi connectivity index (χ1) is 11.6. The van der Waals surface area contributed by atoms with Crippen LogP contribution in [0.15, 0.2) is 29.4 Å². The fourth-order valence-corrected chi connectivity index (χ4v) is 3.17. The van der Waals surface area contributed by atoms with Crippen molar-refractivity contribution in [3.8, 4) is 0 Å². The van der Waals surface area contributed by atoms with E-state index >= 15 is 0 Å². The zero-order chi connectivity index (χ0) is 17.1. The zero-order valence-electron chi connectivity index (χ0n) is 13.9. The van der Waals surface area contributed by atoms with Crippen LogP contribution in [0.1, 0.15) is 27.2 Å². The lowest BCUT2D eigenvalue weighted by Crippen LogP contribution is -2.26. The van der Waals surface area contributed by atoms with Crippen molar-refractivity contribution < 1.29 is 4.79 Å². The number of aryl methyl sites for hydroxylation is 3. The summed E-state index contributed by atoms with van der Waals surface area (Å²) in [5.41, 5.74) is 4.71. The smallest absolute Gasteiger partial charge is 0.252 e. The Morgan fingerprint density at radius 2 is 2.12 bits per heavy atom. The molecule has 0 saturated carbocycles. The average molecular weight is 341 g/mol. The standard InChI is InChI=1S/C17H19N5OS/c1-10-4-5-13-14(8-11(2)20-16(13)12(10)3)17(23)18-6-7-24-15-9-19-22-21-15/h4-5,8-9H,6-7H2,1-3H3,(H,18,23)(H,19,21,22). The number of thioether (sulfide) groups is 1. The summed E-state index contributed by atoms with van der Waals surface area (Å²) in [6.07, 6.45) is 1.66. The summed E-state index contributed by atoms with van der Waals surface area (Å²) in [6, 6.07) is 5.85. The van der Waals surface area contributed by atoms with Gasteiger partial charge in [0, 0.05) is 23.4 Å². The van der Waals surface area contributed by atoms with Gasteiger partial charge in [-0.05, 0) is 38.0 Å². The second kappa shape index (κ2) is 7.00. The van der Waals surface area contributed by atoms with E-state index in [1.165, 1.54) is 5.56 Å². The van der Waals surface area contributed by atoms with Crippen LogP contribution in [0.25, 0.3) is 10.9 Å². The number of aromatic amines is 1. The Morgan fingerprint density at radius 1 is 1.29 bits per heavy atom. The molecule has 0 bridgehead atoms. The highest BCUT2D eigenvalue weighted by molar-refractivity contribution is 7.99. The van der Waals surface area contributed by atoms with Gasteiger partial charge in [0.05, 0.1) is 17.3 Å². The number of H-pyrrole nitrogens is 1. The molecule has 0 spiro atoms. The average Bonchev–Trinajstić information content (AvgIpc) is 3.08. The highest BCUT2D eigenvalue weighted by atomic mass is 32.2. The second-order valence-electron chi connectivity index (χ2n) is 5.63. The summed E-state index contributed by atoms with van der Waals surface area (Å²) in [6.45, 7) is 6.57. The van der Waals surface area contributed by atoms with Crippen LogP contribution >= 0.6 is 11.8 Å². The maximum atomic E-state index is 12.6. The van der Waals surface area contributed by atoms with Gasteiger partial charge in [0.2, 0.25) is 0 Å². The molecule has 3 rings (SSSR count). The molecule has 2 heterocycles. The lowest BCUT2D eigenvalue weighted by Gasteiger charge is -2.11. The largest absolute Gasteiger partial charge is 0.351 e. The first-order valence-corrected chi connectivity index (χ1v) is 8.69. The Hall–Kier alpha value is -2.41. The number of nitrogens with zero attached hydrogens (tertiary/aromatic N) is 3. The van der Waals surface area contributed by atoms with Crippen LogP contribution in [0.5, 0.6) is 0 Å². The number of benzene rings is 1. The first-order valence-electron chi connectivity index (χ1n) is 7.70. The van der Waals surface area contributed by atoms with E-state index < -0.39 is 0 Å². The van der Waals surface area contributed by atoms with Gasteiger partial charge in [-0.25, -0.2) is 0 Å². The number of nitrogens with one attached hydrogen (secondary N) is 2. The van der Waals surface area contributed by atoms with E-state index in [1.807, 2.05) is 32.0 Å². The van der Waals surface area contributed by atoms with Gasteiger partial charge in [-0.1, -0.05) is 12.1 Å². The van der Waals surface area contributed by atoms with E-state index in [4.69, 9.17) is 0 Å². The number of carbonyl (C=O) groups excluding carboxylic acids is 1. The molecule has 1 aromatic carbocycles. The van der Waals surface area contributed by atoms with Crippen molar-refractivity contribution in [1.29, 1.82) is 0 Å². The van der Waals surface area contributed by atoms with E-state index in [0.717, 1.165) is 32.9 Å². The molecule has 2 aromatic heterocycles. The van der Waals surface area contributed by atoms with Crippen LogP contribution in [0.2, 0.25) is 0 Å². The zero-order valence-corrected chi connectivity index (χ0v) is 14.7. The van der Waals surface area contributed by atoms with Gasteiger partial charge in [-0.2, -0.15) is 10.3 Å². The third-order valence-electron chi connectivity index (χ3n) is 3.91. The van der Waals surface area contributed by atoms with Crippen LogP contribution in [0, 0.1) is 20.8 Å². The van der Waals surface area contributed by atoms with E-state index in [1.54, 1.807) is 18.0 Å². The number of amides is 1. The monoisotopic (exact) mass is 341 g/mol. The highest BCUT2D eigenvalue weighted by Crippen LogP contribution is 2.24. The van der Waals surface area contributed by atoms with Crippen molar-refractivity contribution in [1.82, 2.24) is 25.7 Å². The number of fused-ring (bicyclic) bond motifs is 1. The minimum absolute atomic E-state index is 0.0745. The fourth-order valence-electron chi connectivity index (χ4n) is 2.52. The van der Waals surface area contributed by atoms with Crippen molar-refractivity contribution in [2.75, 3.05) is 12.3 Å². The van der Waals surface area contributed by atoms with Crippen LogP contribution in [-0.2, 0) is 0 Å². The number of hydrogen-bond donors (Lipinski definition) is 2. The lowest BCUT2D eigenvalue weighted by atomic mass is 10.0. The number of hydrogen-bond acceptors (Lipinski definition) is 5. The summed E-state index contributed by atoms with van der Waals surface area (Å²) < 4.78 is 0. The number of aromatic nitrogens is 4. The molecule has 1 amide bonds. The molecule has 0 fully saturated rings. The maximum Gasteiger partial charge on any atom is 0.252 e. The van der Waals surface area contributed by atoms with Crippen molar-refractivity contribution in [2.45, 2.75) is 25.8 Å². The molecule has 0 radical (unpaired) electrons. The molecule has 0 unspecified atom stereocenters. The number of rotatable bonds is 5. The first kappa shape index (κ1) is 16.4. The fraction of sp³-hybridized carbons (Fsp3) is 0.294. The van der Waals surface area contributed by atoms with Gasteiger partial charge < -0.3 is 5.32 Å². The molecule has 3 aromatic rings.